The van der Waals surface area contributed by atoms with Crippen LogP contribution in [0.3, 0.4) is 0 Å². The van der Waals surface area contributed by atoms with Gasteiger partial charge in [-0.3, -0.25) is 4.79 Å². The van der Waals surface area contributed by atoms with E-state index < -0.39 is 6.04 Å². The predicted octanol–water partition coefficient (Wildman–Crippen LogP) is 2.12. The molecule has 3 N–H and O–H groups in total. The molecule has 1 aromatic carbocycles. The fourth-order valence-electron chi connectivity index (χ4n) is 1.81. The van der Waals surface area contributed by atoms with Gasteiger partial charge in [0.05, 0.1) is 20.3 Å². The maximum Gasteiger partial charge on any atom is 0.237 e. The zero-order valence-corrected chi connectivity index (χ0v) is 13.8. The summed E-state index contributed by atoms with van der Waals surface area (Å²) in [5, 5.41) is 2.84. The lowest BCUT2D eigenvalue weighted by Crippen LogP contribution is -2.44. The minimum atomic E-state index is -0.472. The van der Waals surface area contributed by atoms with Crippen LogP contribution in [0.4, 0.5) is 0 Å². The second-order valence-corrected chi connectivity index (χ2v) is 4.82. The van der Waals surface area contributed by atoms with Gasteiger partial charge in [-0.2, -0.15) is 0 Å². The summed E-state index contributed by atoms with van der Waals surface area (Å²) in [5.41, 5.74) is 6.82. The summed E-state index contributed by atoms with van der Waals surface area (Å²) in [4.78, 5) is 11.9. The van der Waals surface area contributed by atoms with Crippen molar-refractivity contribution in [3.63, 3.8) is 0 Å². The van der Waals surface area contributed by atoms with Crippen LogP contribution in [0.25, 0.3) is 0 Å². The van der Waals surface area contributed by atoms with Crippen LogP contribution in [-0.2, 0) is 11.3 Å². The lowest BCUT2D eigenvalue weighted by Gasteiger charge is -2.18. The van der Waals surface area contributed by atoms with Gasteiger partial charge >= 0.3 is 0 Å². The number of nitrogens with two attached hydrogens (primary N) is 1. The van der Waals surface area contributed by atoms with Crippen molar-refractivity contribution in [1.29, 1.82) is 0 Å². The molecule has 1 rings (SSSR count). The summed E-state index contributed by atoms with van der Waals surface area (Å²) in [5.74, 6) is 1.35. The first-order valence-electron chi connectivity index (χ1n) is 6.77. The van der Waals surface area contributed by atoms with Crippen molar-refractivity contribution >= 4 is 18.3 Å². The van der Waals surface area contributed by atoms with E-state index in [0.717, 1.165) is 12.0 Å². The maximum absolute atomic E-state index is 11.9. The Morgan fingerprint density at radius 3 is 2.43 bits per heavy atom. The Hall–Kier alpha value is -1.46. The lowest BCUT2D eigenvalue weighted by atomic mass is 9.99. The predicted molar refractivity (Wildman–Crippen MR) is 86.1 cm³/mol. The minimum Gasteiger partial charge on any atom is -0.493 e. The Morgan fingerprint density at radius 1 is 1.29 bits per heavy atom. The van der Waals surface area contributed by atoms with Crippen molar-refractivity contribution in [2.24, 2.45) is 11.7 Å². The zero-order valence-electron chi connectivity index (χ0n) is 13.0. The van der Waals surface area contributed by atoms with Gasteiger partial charge in [-0.05, 0) is 23.6 Å². The van der Waals surface area contributed by atoms with E-state index in [1.54, 1.807) is 14.2 Å². The number of hydrogen-bond acceptors (Lipinski definition) is 4. The Kier molecular flexibility index (Phi) is 8.81. The molecular weight excluding hydrogens is 292 g/mol. The van der Waals surface area contributed by atoms with E-state index in [1.807, 2.05) is 32.0 Å². The van der Waals surface area contributed by atoms with Gasteiger partial charge in [0, 0.05) is 6.54 Å². The van der Waals surface area contributed by atoms with Crippen molar-refractivity contribution in [3.8, 4) is 11.5 Å². The molecule has 2 atom stereocenters. The zero-order chi connectivity index (χ0) is 15.1. The van der Waals surface area contributed by atoms with E-state index in [-0.39, 0.29) is 24.2 Å². The normalized spacial score (nSPS) is 12.8. The third kappa shape index (κ3) is 5.44. The number of carbonyl (C=O) groups excluding carboxylic acids is 1. The van der Waals surface area contributed by atoms with E-state index in [9.17, 15) is 4.79 Å². The number of carbonyl (C=O) groups is 1. The van der Waals surface area contributed by atoms with Crippen molar-refractivity contribution in [2.45, 2.75) is 32.9 Å². The molecule has 0 bridgehead atoms. The third-order valence-corrected chi connectivity index (χ3v) is 3.47. The number of benzene rings is 1. The van der Waals surface area contributed by atoms with E-state index in [0.29, 0.717) is 18.0 Å². The highest BCUT2D eigenvalue weighted by molar-refractivity contribution is 5.85. The van der Waals surface area contributed by atoms with Gasteiger partial charge in [0.25, 0.3) is 0 Å². The van der Waals surface area contributed by atoms with E-state index in [2.05, 4.69) is 5.32 Å². The number of rotatable bonds is 7. The van der Waals surface area contributed by atoms with Crippen LogP contribution in [0.1, 0.15) is 25.8 Å². The van der Waals surface area contributed by atoms with E-state index in [4.69, 9.17) is 15.2 Å². The van der Waals surface area contributed by atoms with Crippen LogP contribution in [0.15, 0.2) is 18.2 Å². The molecule has 0 aliphatic heterocycles. The summed E-state index contributed by atoms with van der Waals surface area (Å²) in [7, 11) is 3.17. The number of hydrogen-bond donors (Lipinski definition) is 2. The summed E-state index contributed by atoms with van der Waals surface area (Å²) < 4.78 is 10.4. The van der Waals surface area contributed by atoms with Crippen LogP contribution < -0.4 is 20.5 Å². The second kappa shape index (κ2) is 9.47. The maximum atomic E-state index is 11.9. The molecule has 1 aromatic rings. The van der Waals surface area contributed by atoms with E-state index >= 15 is 0 Å². The molecule has 21 heavy (non-hydrogen) atoms. The molecular formula is C15H25ClN2O3. The van der Waals surface area contributed by atoms with Crippen molar-refractivity contribution < 1.29 is 14.3 Å². The molecule has 5 nitrogen and oxygen atoms in total. The Bertz CT molecular complexity index is 455. The Labute approximate surface area is 132 Å². The molecule has 0 radical (unpaired) electrons. The van der Waals surface area contributed by atoms with Crippen LogP contribution in [-0.4, -0.2) is 26.2 Å². The summed E-state index contributed by atoms with van der Waals surface area (Å²) in [6.45, 7) is 4.41. The molecule has 0 fully saturated rings. The molecule has 0 saturated carbocycles. The van der Waals surface area contributed by atoms with Crippen LogP contribution in [0.5, 0.6) is 11.5 Å². The van der Waals surface area contributed by atoms with Gasteiger partial charge in [0.1, 0.15) is 0 Å². The van der Waals surface area contributed by atoms with Gasteiger partial charge < -0.3 is 20.5 Å². The van der Waals surface area contributed by atoms with Crippen LogP contribution in [0, 0.1) is 5.92 Å². The van der Waals surface area contributed by atoms with Gasteiger partial charge in [0.2, 0.25) is 5.91 Å². The standard InChI is InChI=1S/C15H24N2O3.ClH/c1-5-10(2)14(16)15(18)17-9-11-6-7-12(19-3)13(8-11)20-4;/h6-8,10,14H,5,9,16H2,1-4H3,(H,17,18);1H. The van der Waals surface area contributed by atoms with Gasteiger partial charge in [0.15, 0.2) is 11.5 Å². The monoisotopic (exact) mass is 316 g/mol. The molecule has 0 aliphatic carbocycles. The third-order valence-electron chi connectivity index (χ3n) is 3.47. The van der Waals surface area contributed by atoms with Crippen LogP contribution >= 0.6 is 12.4 Å². The smallest absolute Gasteiger partial charge is 0.237 e. The molecule has 0 saturated heterocycles. The van der Waals surface area contributed by atoms with Crippen molar-refractivity contribution in [1.82, 2.24) is 5.32 Å². The molecule has 0 aliphatic rings. The fraction of sp³-hybridized carbons (Fsp3) is 0.533. The number of nitrogens with one attached hydrogen (secondary N) is 1. The molecule has 0 heterocycles. The molecule has 2 unspecified atom stereocenters. The quantitative estimate of drug-likeness (QED) is 0.808. The average Bonchev–Trinajstić information content (AvgIpc) is 2.50. The van der Waals surface area contributed by atoms with Crippen LogP contribution in [0.2, 0.25) is 0 Å². The number of halogens is 1. The van der Waals surface area contributed by atoms with Gasteiger partial charge in [-0.15, -0.1) is 12.4 Å². The SMILES string of the molecule is CCC(C)C(N)C(=O)NCc1ccc(OC)c(OC)c1.Cl. The first-order valence-corrected chi connectivity index (χ1v) is 6.77. The minimum absolute atomic E-state index is 0. The fourth-order valence-corrected chi connectivity index (χ4v) is 1.81. The Balaban J connectivity index is 0.00000400. The van der Waals surface area contributed by atoms with E-state index in [1.165, 1.54) is 0 Å². The first kappa shape index (κ1) is 19.5. The molecule has 1 amide bonds. The second-order valence-electron chi connectivity index (χ2n) is 4.82. The van der Waals surface area contributed by atoms with Gasteiger partial charge in [-0.1, -0.05) is 26.3 Å². The average molecular weight is 317 g/mol. The first-order chi connectivity index (χ1) is 9.53. The number of methoxy groups -OCH3 is 2. The highest BCUT2D eigenvalue weighted by Gasteiger charge is 2.18. The lowest BCUT2D eigenvalue weighted by molar-refractivity contribution is -0.123. The number of ether oxygens (including phenoxy) is 2. The largest absolute Gasteiger partial charge is 0.493 e. The van der Waals surface area contributed by atoms with Gasteiger partial charge in [-0.25, -0.2) is 0 Å². The molecule has 0 spiro atoms. The Morgan fingerprint density at radius 2 is 1.90 bits per heavy atom. The highest BCUT2D eigenvalue weighted by Crippen LogP contribution is 2.27. The molecule has 0 aromatic heterocycles. The van der Waals surface area contributed by atoms with Crippen molar-refractivity contribution in [2.75, 3.05) is 14.2 Å². The molecule has 120 valence electrons. The number of amides is 1. The summed E-state index contributed by atoms with van der Waals surface area (Å²) >= 11 is 0. The summed E-state index contributed by atoms with van der Waals surface area (Å²) in [6.07, 6.45) is 0.880. The van der Waals surface area contributed by atoms with Crippen molar-refractivity contribution in [3.05, 3.63) is 23.8 Å². The molecule has 6 heteroatoms. The highest BCUT2D eigenvalue weighted by atomic mass is 35.5. The topological polar surface area (TPSA) is 73.6 Å². The summed E-state index contributed by atoms with van der Waals surface area (Å²) in [6, 6.07) is 5.07.